The normalized spacial score (nSPS) is 16.0. The molecule has 1 fully saturated rings. The van der Waals surface area contributed by atoms with Gasteiger partial charge >= 0.3 is 131 Å². The third-order valence-electron chi connectivity index (χ3n) is 3.76. The first kappa shape index (κ1) is 19.1. The van der Waals surface area contributed by atoms with Crippen LogP contribution in [0.15, 0.2) is 16.9 Å². The summed E-state index contributed by atoms with van der Waals surface area (Å²) in [6.45, 7) is 13.4. The van der Waals surface area contributed by atoms with Crippen molar-refractivity contribution in [2.45, 2.75) is 33.1 Å². The number of nitrogens with zero attached hydrogens (tertiary/aromatic N) is 2. The molecule has 1 heterocycles. The predicted octanol–water partition coefficient (Wildman–Crippen LogP) is 2.19. The zero-order valence-corrected chi connectivity index (χ0v) is 18.2. The Kier molecular flexibility index (Phi) is 6.84. The van der Waals surface area contributed by atoms with Crippen LogP contribution < -0.4 is 5.56 Å². The summed E-state index contributed by atoms with van der Waals surface area (Å²) in [5, 5.41) is 0. The SMILES string of the molecule is [CH-]=C/C=C(\[CH]=[W])n1c(CC2([CH2-])CC2)nc(C)c(C)c1=O.[Y]. The van der Waals surface area contributed by atoms with Crippen molar-refractivity contribution in [3.8, 4) is 0 Å². The predicted molar refractivity (Wildman–Crippen MR) is 77.9 cm³/mol. The van der Waals surface area contributed by atoms with Gasteiger partial charge in [0.25, 0.3) is 0 Å². The van der Waals surface area contributed by atoms with E-state index in [4.69, 9.17) is 6.58 Å². The number of aryl methyl sites for hydroxylation is 1. The number of hydrogen-bond acceptors (Lipinski definition) is 2. The molecule has 1 aromatic heterocycles. The molecule has 1 aliphatic rings. The topological polar surface area (TPSA) is 34.9 Å². The maximum Gasteiger partial charge on any atom is 0 e. The van der Waals surface area contributed by atoms with Crippen molar-refractivity contribution in [3.05, 3.63) is 53.1 Å². The molecular formula is C16H18N2OWY-2. The fraction of sp³-hybridized carbons (Fsp3) is 0.375. The van der Waals surface area contributed by atoms with Crippen LogP contribution in [0.4, 0.5) is 0 Å². The van der Waals surface area contributed by atoms with E-state index in [1.54, 1.807) is 10.6 Å². The van der Waals surface area contributed by atoms with Crippen LogP contribution in [0.1, 0.15) is 29.9 Å². The molecule has 0 bridgehead atoms. The Labute approximate surface area is 162 Å². The maximum absolute atomic E-state index is 12.6. The van der Waals surface area contributed by atoms with E-state index in [9.17, 15) is 4.79 Å². The number of aromatic nitrogens is 2. The summed E-state index contributed by atoms with van der Waals surface area (Å²) in [6.07, 6.45) is 6.13. The number of hydrogen-bond donors (Lipinski definition) is 0. The molecule has 1 aliphatic carbocycles. The molecule has 0 unspecified atom stereocenters. The minimum atomic E-state index is -0.0117. The van der Waals surface area contributed by atoms with Crippen molar-refractivity contribution in [2.24, 2.45) is 5.41 Å². The Morgan fingerprint density at radius 2 is 2.14 bits per heavy atom. The van der Waals surface area contributed by atoms with E-state index in [1.807, 2.05) is 18.2 Å². The van der Waals surface area contributed by atoms with Crippen molar-refractivity contribution >= 4 is 10.1 Å². The first-order valence-electron chi connectivity index (χ1n) is 6.57. The van der Waals surface area contributed by atoms with Gasteiger partial charge in [0.15, 0.2) is 0 Å². The largest absolute Gasteiger partial charge is 0 e. The van der Waals surface area contributed by atoms with Gasteiger partial charge in [0, 0.05) is 32.7 Å². The fourth-order valence-corrected chi connectivity index (χ4v) is 2.77. The molecule has 0 amide bonds. The van der Waals surface area contributed by atoms with Crippen molar-refractivity contribution in [1.29, 1.82) is 0 Å². The molecule has 1 saturated carbocycles. The van der Waals surface area contributed by atoms with Gasteiger partial charge < -0.3 is 0 Å². The van der Waals surface area contributed by atoms with Crippen LogP contribution in [-0.2, 0) is 58.5 Å². The van der Waals surface area contributed by atoms with Gasteiger partial charge in [-0.25, -0.2) is 0 Å². The molecule has 1 aromatic rings. The molecule has 0 N–H and O–H groups in total. The molecule has 0 aliphatic heterocycles. The van der Waals surface area contributed by atoms with Crippen molar-refractivity contribution in [3.63, 3.8) is 0 Å². The molecule has 2 rings (SSSR count). The second kappa shape index (κ2) is 7.53. The molecule has 109 valence electrons. The van der Waals surface area contributed by atoms with Crippen LogP contribution in [0.3, 0.4) is 0 Å². The summed E-state index contributed by atoms with van der Waals surface area (Å²) in [5.41, 5.74) is 2.32. The van der Waals surface area contributed by atoms with Crippen molar-refractivity contribution < 1.29 is 52.1 Å². The molecule has 5 heteroatoms. The number of allylic oxidation sites excluding steroid dienone is 3. The smallest absolute Gasteiger partial charge is 0 e. The summed E-state index contributed by atoms with van der Waals surface area (Å²) >= 11 is 1.26. The Bertz CT molecular complexity index is 657. The van der Waals surface area contributed by atoms with Crippen LogP contribution in [0, 0.1) is 32.8 Å². The Morgan fingerprint density at radius 3 is 2.62 bits per heavy atom. The van der Waals surface area contributed by atoms with Crippen LogP contribution in [0.5, 0.6) is 0 Å². The summed E-state index contributed by atoms with van der Waals surface area (Å²) in [7, 11) is 0. The van der Waals surface area contributed by atoms with Gasteiger partial charge in [-0.3, -0.25) is 0 Å². The van der Waals surface area contributed by atoms with Crippen molar-refractivity contribution in [1.82, 2.24) is 9.55 Å². The van der Waals surface area contributed by atoms with Crippen LogP contribution in [0.25, 0.3) is 5.70 Å². The van der Waals surface area contributed by atoms with Gasteiger partial charge in [0.05, 0.1) is 0 Å². The van der Waals surface area contributed by atoms with Gasteiger partial charge in [-0.1, -0.05) is 0 Å². The fourth-order valence-electron chi connectivity index (χ4n) is 2.11. The Hall–Kier alpha value is 0.0222. The second-order valence-electron chi connectivity index (χ2n) is 5.46. The standard InChI is InChI=1S/C16H18N2O.W.Y/c1-6-7-11(2)18-14(10-16(5)8-9-16)17-13(4)12(3)15(18)19;;/h1-2,6-7H,5,8-10H2,3-4H3;;/q-2;;/b11-7+;;. The molecular weight excluding hydrogens is 509 g/mol. The third-order valence-corrected chi connectivity index (χ3v) is 4.63. The summed E-state index contributed by atoms with van der Waals surface area (Å²) in [6, 6.07) is 0. The zero-order valence-electron chi connectivity index (χ0n) is 12.4. The Balaban J connectivity index is 0.00000220. The minimum absolute atomic E-state index is 0. The van der Waals surface area contributed by atoms with E-state index in [2.05, 4.69) is 11.9 Å². The van der Waals surface area contributed by atoms with Crippen LogP contribution in [0.2, 0.25) is 0 Å². The van der Waals surface area contributed by atoms with E-state index in [1.165, 1.54) is 25.4 Å². The van der Waals surface area contributed by atoms with E-state index in [0.29, 0.717) is 5.56 Å². The van der Waals surface area contributed by atoms with E-state index in [-0.39, 0.29) is 43.7 Å². The quantitative estimate of drug-likeness (QED) is 0.435. The summed E-state index contributed by atoms with van der Waals surface area (Å²) in [4.78, 5) is 17.2. The first-order chi connectivity index (χ1) is 9.41. The summed E-state index contributed by atoms with van der Waals surface area (Å²) in [5.74, 6) is 0.788. The van der Waals surface area contributed by atoms with E-state index in [0.717, 1.165) is 36.5 Å². The maximum atomic E-state index is 12.6. The van der Waals surface area contributed by atoms with Gasteiger partial charge in [0.2, 0.25) is 0 Å². The molecule has 21 heavy (non-hydrogen) atoms. The van der Waals surface area contributed by atoms with Gasteiger partial charge in [-0.15, -0.1) is 0 Å². The van der Waals surface area contributed by atoms with Gasteiger partial charge in [-0.05, 0) is 0 Å². The molecule has 0 atom stereocenters. The molecule has 0 aromatic carbocycles. The van der Waals surface area contributed by atoms with Crippen LogP contribution in [-0.4, -0.2) is 14.0 Å². The zero-order chi connectivity index (χ0) is 14.9. The van der Waals surface area contributed by atoms with Gasteiger partial charge in [0.1, 0.15) is 0 Å². The summed E-state index contributed by atoms with van der Waals surface area (Å²) < 4.78 is 3.64. The molecule has 0 spiro atoms. The van der Waals surface area contributed by atoms with Gasteiger partial charge in [-0.2, -0.15) is 0 Å². The third kappa shape index (κ3) is 4.27. The minimum Gasteiger partial charge on any atom is 0 e. The van der Waals surface area contributed by atoms with E-state index < -0.39 is 0 Å². The molecule has 0 saturated heterocycles. The van der Waals surface area contributed by atoms with E-state index >= 15 is 0 Å². The average molecular weight is 527 g/mol. The molecule has 3 nitrogen and oxygen atoms in total. The van der Waals surface area contributed by atoms with Crippen molar-refractivity contribution in [2.75, 3.05) is 0 Å². The van der Waals surface area contributed by atoms with Crippen LogP contribution >= 0.6 is 0 Å². The monoisotopic (exact) mass is 527 g/mol. The first-order valence-corrected chi connectivity index (χ1v) is 8.26. The second-order valence-corrected chi connectivity index (χ2v) is 6.30. The molecule has 1 radical (unpaired) electrons. The Morgan fingerprint density at radius 1 is 1.52 bits per heavy atom. The number of rotatable bonds is 5. The average Bonchev–Trinajstić information content (AvgIpc) is 3.12.